The summed E-state index contributed by atoms with van der Waals surface area (Å²) in [6.07, 6.45) is 0.641. The minimum atomic E-state index is 0.159. The fraction of sp³-hybridized carbons (Fsp3) is 0.636. The molecule has 1 atom stereocenters. The number of carbonyl (C=O) groups excluding carboxylic acids is 1. The number of aromatic nitrogens is 2. The summed E-state index contributed by atoms with van der Waals surface area (Å²) < 4.78 is 2.58. The number of Topliss-reactive ketones (excluding diaryl/α,β-unsaturated/α-hetero) is 1. The van der Waals surface area contributed by atoms with E-state index in [2.05, 4.69) is 41.8 Å². The second-order valence-electron chi connectivity index (χ2n) is 5.22. The topological polar surface area (TPSA) is 34.9 Å². The number of fused-ring (bicyclic) bond motifs is 1. The molecule has 1 unspecified atom stereocenters. The molecule has 2 heterocycles. The molecule has 3 nitrogen and oxygen atoms in total. The number of halogens is 1. The van der Waals surface area contributed by atoms with Crippen molar-refractivity contribution in [3.05, 3.63) is 16.4 Å². The van der Waals surface area contributed by atoms with E-state index in [9.17, 15) is 4.79 Å². The molecule has 0 spiro atoms. The standard InChI is InChI=1S/C11H15BrN2O/c1-11(2,3)7-4-9(15)8-5-10(12)13-14(8)6-7/h5,7H,4,6H2,1-3H3. The van der Waals surface area contributed by atoms with Gasteiger partial charge >= 0.3 is 0 Å². The third-order valence-corrected chi connectivity index (χ3v) is 3.47. The second-order valence-corrected chi connectivity index (χ2v) is 6.04. The lowest BCUT2D eigenvalue weighted by Gasteiger charge is -2.33. The molecule has 2 rings (SSSR count). The number of hydrogen-bond donors (Lipinski definition) is 0. The minimum Gasteiger partial charge on any atom is -0.292 e. The van der Waals surface area contributed by atoms with Gasteiger partial charge in [0, 0.05) is 19.0 Å². The van der Waals surface area contributed by atoms with Gasteiger partial charge in [-0.25, -0.2) is 0 Å². The molecule has 15 heavy (non-hydrogen) atoms. The summed E-state index contributed by atoms with van der Waals surface area (Å²) in [7, 11) is 0. The predicted octanol–water partition coefficient (Wildman–Crippen LogP) is 2.89. The molecule has 0 saturated carbocycles. The first kappa shape index (κ1) is 10.9. The Bertz CT molecular complexity index is 403. The van der Waals surface area contributed by atoms with Gasteiger partial charge < -0.3 is 0 Å². The van der Waals surface area contributed by atoms with Gasteiger partial charge in [-0.15, -0.1) is 0 Å². The molecular formula is C11H15BrN2O. The lowest BCUT2D eigenvalue weighted by atomic mass is 9.76. The molecule has 1 aliphatic rings. The summed E-state index contributed by atoms with van der Waals surface area (Å²) in [6, 6.07) is 1.81. The van der Waals surface area contributed by atoms with Crippen molar-refractivity contribution in [2.75, 3.05) is 0 Å². The summed E-state index contributed by atoms with van der Waals surface area (Å²) in [4.78, 5) is 11.9. The van der Waals surface area contributed by atoms with E-state index < -0.39 is 0 Å². The molecule has 1 aromatic heterocycles. The van der Waals surface area contributed by atoms with Crippen LogP contribution in [0.1, 0.15) is 37.7 Å². The van der Waals surface area contributed by atoms with Crippen LogP contribution in [0.2, 0.25) is 0 Å². The van der Waals surface area contributed by atoms with Gasteiger partial charge in [0.1, 0.15) is 10.3 Å². The summed E-state index contributed by atoms with van der Waals surface area (Å²) in [6.45, 7) is 7.37. The van der Waals surface area contributed by atoms with Crippen LogP contribution in [0.3, 0.4) is 0 Å². The fourth-order valence-corrected chi connectivity index (χ4v) is 2.34. The summed E-state index contributed by atoms with van der Waals surface area (Å²) in [5.74, 6) is 0.587. The Morgan fingerprint density at radius 2 is 2.20 bits per heavy atom. The average Bonchev–Trinajstić information content (AvgIpc) is 2.44. The van der Waals surface area contributed by atoms with Gasteiger partial charge in [-0.3, -0.25) is 9.48 Å². The summed E-state index contributed by atoms with van der Waals surface area (Å²) >= 11 is 3.31. The highest BCUT2D eigenvalue weighted by molar-refractivity contribution is 9.10. The normalized spacial score (nSPS) is 21.6. The summed E-state index contributed by atoms with van der Waals surface area (Å²) in [5.41, 5.74) is 0.897. The van der Waals surface area contributed by atoms with Crippen LogP contribution < -0.4 is 0 Å². The molecular weight excluding hydrogens is 256 g/mol. The molecule has 0 amide bonds. The van der Waals surface area contributed by atoms with Crippen molar-refractivity contribution in [2.24, 2.45) is 11.3 Å². The van der Waals surface area contributed by atoms with Crippen LogP contribution in [0, 0.1) is 11.3 Å². The van der Waals surface area contributed by atoms with Crippen molar-refractivity contribution in [3.63, 3.8) is 0 Å². The maximum absolute atomic E-state index is 11.9. The number of hydrogen-bond acceptors (Lipinski definition) is 2. The zero-order valence-electron chi connectivity index (χ0n) is 9.25. The number of carbonyl (C=O) groups is 1. The first-order valence-electron chi connectivity index (χ1n) is 5.14. The Balaban J connectivity index is 2.34. The van der Waals surface area contributed by atoms with E-state index in [1.807, 2.05) is 4.68 Å². The van der Waals surface area contributed by atoms with E-state index in [1.54, 1.807) is 6.07 Å². The fourth-order valence-electron chi connectivity index (χ4n) is 1.93. The average molecular weight is 271 g/mol. The predicted molar refractivity (Wildman–Crippen MR) is 61.8 cm³/mol. The molecule has 0 N–H and O–H groups in total. The van der Waals surface area contributed by atoms with Crippen LogP contribution >= 0.6 is 15.9 Å². The van der Waals surface area contributed by atoms with Crippen molar-refractivity contribution < 1.29 is 4.79 Å². The Kier molecular flexibility index (Phi) is 2.49. The quantitative estimate of drug-likeness (QED) is 0.727. The largest absolute Gasteiger partial charge is 0.292 e. The Morgan fingerprint density at radius 3 is 2.80 bits per heavy atom. The molecule has 1 aliphatic heterocycles. The van der Waals surface area contributed by atoms with Gasteiger partial charge in [0.2, 0.25) is 0 Å². The number of nitrogens with zero attached hydrogens (tertiary/aromatic N) is 2. The summed E-state index contributed by atoms with van der Waals surface area (Å²) in [5, 5.41) is 4.28. The van der Waals surface area contributed by atoms with Crippen LogP contribution in [0.5, 0.6) is 0 Å². The maximum Gasteiger partial charge on any atom is 0.181 e. The maximum atomic E-state index is 11.9. The van der Waals surface area contributed by atoms with Crippen molar-refractivity contribution in [3.8, 4) is 0 Å². The van der Waals surface area contributed by atoms with Crippen LogP contribution in [0.25, 0.3) is 0 Å². The van der Waals surface area contributed by atoms with Crippen molar-refractivity contribution in [2.45, 2.75) is 33.7 Å². The lowest BCUT2D eigenvalue weighted by Crippen LogP contribution is -2.33. The smallest absolute Gasteiger partial charge is 0.181 e. The number of rotatable bonds is 0. The van der Waals surface area contributed by atoms with Crippen LogP contribution in [0.15, 0.2) is 10.7 Å². The molecule has 1 aromatic rings. The third kappa shape index (κ3) is 2.00. The zero-order chi connectivity index (χ0) is 11.2. The van der Waals surface area contributed by atoms with E-state index in [4.69, 9.17) is 0 Å². The SMILES string of the molecule is CC(C)(C)C1CC(=O)c2cc(Br)nn2C1. The molecule has 0 aromatic carbocycles. The molecule has 0 radical (unpaired) electrons. The van der Waals surface area contributed by atoms with Gasteiger partial charge in [-0.2, -0.15) is 5.10 Å². The monoisotopic (exact) mass is 270 g/mol. The molecule has 0 aliphatic carbocycles. The van der Waals surface area contributed by atoms with Crippen LogP contribution in [0.4, 0.5) is 0 Å². The molecule has 82 valence electrons. The first-order chi connectivity index (χ1) is 6.88. The molecule has 0 saturated heterocycles. The Labute approximate surface area is 98.0 Å². The Hall–Kier alpha value is -0.640. The highest BCUT2D eigenvalue weighted by Gasteiger charge is 2.33. The van der Waals surface area contributed by atoms with E-state index >= 15 is 0 Å². The van der Waals surface area contributed by atoms with E-state index in [1.165, 1.54) is 0 Å². The Morgan fingerprint density at radius 1 is 1.53 bits per heavy atom. The van der Waals surface area contributed by atoms with Crippen molar-refractivity contribution in [1.82, 2.24) is 9.78 Å². The minimum absolute atomic E-state index is 0.159. The highest BCUT2D eigenvalue weighted by Crippen LogP contribution is 2.34. The van der Waals surface area contributed by atoms with Gasteiger partial charge in [0.25, 0.3) is 0 Å². The third-order valence-electron chi connectivity index (χ3n) is 3.09. The van der Waals surface area contributed by atoms with Gasteiger partial charge in [0.15, 0.2) is 5.78 Å². The number of ketones is 1. The highest BCUT2D eigenvalue weighted by atomic mass is 79.9. The van der Waals surface area contributed by atoms with Gasteiger partial charge in [-0.1, -0.05) is 20.8 Å². The molecule has 0 fully saturated rings. The van der Waals surface area contributed by atoms with Crippen molar-refractivity contribution in [1.29, 1.82) is 0 Å². The molecule has 0 bridgehead atoms. The van der Waals surface area contributed by atoms with Gasteiger partial charge in [-0.05, 0) is 27.3 Å². The van der Waals surface area contributed by atoms with Crippen molar-refractivity contribution >= 4 is 21.7 Å². The second kappa shape index (κ2) is 3.44. The van der Waals surface area contributed by atoms with Crippen LogP contribution in [-0.4, -0.2) is 15.6 Å². The van der Waals surface area contributed by atoms with Gasteiger partial charge in [0.05, 0.1) is 0 Å². The van der Waals surface area contributed by atoms with E-state index in [0.29, 0.717) is 12.3 Å². The first-order valence-corrected chi connectivity index (χ1v) is 5.94. The van der Waals surface area contributed by atoms with E-state index in [0.717, 1.165) is 16.8 Å². The lowest BCUT2D eigenvalue weighted by molar-refractivity contribution is 0.0833. The molecule has 4 heteroatoms. The van der Waals surface area contributed by atoms with Crippen LogP contribution in [-0.2, 0) is 6.54 Å². The van der Waals surface area contributed by atoms with E-state index in [-0.39, 0.29) is 11.2 Å². The zero-order valence-corrected chi connectivity index (χ0v) is 10.8.